The number of allylic oxidation sites excluding steroid dienone is 2. The van der Waals surface area contributed by atoms with Gasteiger partial charge in [-0.05, 0) is 38.5 Å². The Bertz CT molecular complexity index is 831. The van der Waals surface area contributed by atoms with Crippen molar-refractivity contribution in [1.82, 2.24) is 5.32 Å². The van der Waals surface area contributed by atoms with Crippen molar-refractivity contribution < 1.29 is 50.0 Å². The van der Waals surface area contributed by atoms with E-state index in [2.05, 4.69) is 31.3 Å². The summed E-state index contributed by atoms with van der Waals surface area (Å²) in [5.74, 6) is -0.705. The molecule has 1 aliphatic heterocycles. The topological polar surface area (TPSA) is 189 Å². The van der Waals surface area contributed by atoms with Crippen LogP contribution >= 0.6 is 0 Å². The van der Waals surface area contributed by atoms with E-state index >= 15 is 0 Å². The molecule has 1 saturated heterocycles. The fourth-order valence-corrected chi connectivity index (χ4v) is 6.37. The summed E-state index contributed by atoms with van der Waals surface area (Å²) >= 11 is 0. The van der Waals surface area contributed by atoms with Crippen LogP contribution in [0.1, 0.15) is 162 Å². The van der Waals surface area contributed by atoms with Crippen LogP contribution in [0.2, 0.25) is 0 Å². The van der Waals surface area contributed by atoms with E-state index in [1.165, 1.54) is 64.2 Å². The molecule has 0 aromatic carbocycles. The highest BCUT2D eigenvalue weighted by molar-refractivity contribution is 5.80. The Morgan fingerprint density at radius 3 is 1.70 bits per heavy atom. The summed E-state index contributed by atoms with van der Waals surface area (Å²) in [7, 11) is 0. The van der Waals surface area contributed by atoms with Crippen LogP contribution in [0.3, 0.4) is 0 Å². The van der Waals surface area contributed by atoms with Crippen LogP contribution in [0, 0.1) is 0 Å². The van der Waals surface area contributed by atoms with Crippen LogP contribution in [0.15, 0.2) is 12.2 Å². The molecule has 9 unspecified atom stereocenters. The lowest BCUT2D eigenvalue weighted by Gasteiger charge is -2.40. The molecule has 11 heteroatoms. The van der Waals surface area contributed by atoms with Gasteiger partial charge in [-0.2, -0.15) is 0 Å². The molecule has 0 aromatic rings. The van der Waals surface area contributed by atoms with Gasteiger partial charge in [-0.15, -0.1) is 0 Å². The monoisotopic (exact) mass is 718 g/mol. The van der Waals surface area contributed by atoms with Crippen molar-refractivity contribution >= 4 is 5.91 Å². The molecule has 0 aliphatic carbocycles. The van der Waals surface area contributed by atoms with Gasteiger partial charge in [-0.1, -0.05) is 135 Å². The van der Waals surface area contributed by atoms with Crippen LogP contribution in [-0.4, -0.2) is 110 Å². The number of carbonyl (C=O) groups is 1. The number of nitrogens with one attached hydrogen (secondary N) is 1. The SMILES string of the molecule is CCCCCC/C=C\CCCCCCCCC(O)C(=O)NC(COC1OC(CO)C(O)C(O)C1O)C(O)C(O)CCCCCCCCCCC. The molecule has 1 heterocycles. The van der Waals surface area contributed by atoms with Gasteiger partial charge in [0.1, 0.15) is 36.6 Å². The van der Waals surface area contributed by atoms with Crippen LogP contribution in [0.4, 0.5) is 0 Å². The Labute approximate surface area is 302 Å². The molecule has 1 amide bonds. The normalized spacial score (nSPS) is 23.6. The molecular weight excluding hydrogens is 642 g/mol. The van der Waals surface area contributed by atoms with E-state index in [9.17, 15) is 40.5 Å². The van der Waals surface area contributed by atoms with E-state index < -0.39 is 74.2 Å². The van der Waals surface area contributed by atoms with Gasteiger partial charge in [0.2, 0.25) is 5.91 Å². The van der Waals surface area contributed by atoms with Crippen molar-refractivity contribution in [1.29, 1.82) is 0 Å². The fraction of sp³-hybridized carbons (Fsp3) is 0.923. The minimum Gasteiger partial charge on any atom is -0.394 e. The maximum atomic E-state index is 13.0. The first-order valence-corrected chi connectivity index (χ1v) is 20.1. The van der Waals surface area contributed by atoms with E-state index in [0.717, 1.165) is 57.8 Å². The number of carbonyl (C=O) groups excluding carboxylic acids is 1. The number of amides is 1. The van der Waals surface area contributed by atoms with Crippen molar-refractivity contribution in [3.63, 3.8) is 0 Å². The molecule has 296 valence electrons. The van der Waals surface area contributed by atoms with Gasteiger partial charge in [0.25, 0.3) is 0 Å². The first-order valence-electron chi connectivity index (χ1n) is 20.1. The van der Waals surface area contributed by atoms with Crippen molar-refractivity contribution in [3.05, 3.63) is 12.2 Å². The average molecular weight is 718 g/mol. The molecule has 1 fully saturated rings. The fourth-order valence-electron chi connectivity index (χ4n) is 6.37. The molecule has 0 bridgehead atoms. The minimum absolute atomic E-state index is 0.254. The third kappa shape index (κ3) is 20.8. The number of aliphatic hydroxyl groups excluding tert-OH is 7. The number of unbranched alkanes of at least 4 members (excludes halogenated alkanes) is 18. The van der Waals surface area contributed by atoms with Gasteiger partial charge in [0.05, 0.1) is 25.4 Å². The molecule has 8 N–H and O–H groups in total. The van der Waals surface area contributed by atoms with Gasteiger partial charge in [0, 0.05) is 0 Å². The van der Waals surface area contributed by atoms with Crippen molar-refractivity contribution in [2.75, 3.05) is 13.2 Å². The Hall–Kier alpha value is -1.15. The second kappa shape index (κ2) is 30.3. The molecule has 50 heavy (non-hydrogen) atoms. The molecule has 1 aliphatic rings. The Kier molecular flexibility index (Phi) is 28.4. The molecular formula is C39H75NO10. The second-order valence-corrected chi connectivity index (χ2v) is 14.4. The highest BCUT2D eigenvalue weighted by Crippen LogP contribution is 2.23. The summed E-state index contributed by atoms with van der Waals surface area (Å²) in [6, 6.07) is -1.16. The van der Waals surface area contributed by atoms with Crippen molar-refractivity contribution in [3.8, 4) is 0 Å². The number of hydrogen-bond donors (Lipinski definition) is 8. The predicted octanol–water partition coefficient (Wildman–Crippen LogP) is 4.94. The van der Waals surface area contributed by atoms with Crippen LogP contribution < -0.4 is 5.32 Å². The van der Waals surface area contributed by atoms with Gasteiger partial charge >= 0.3 is 0 Å². The molecule has 1 rings (SSSR count). The Morgan fingerprint density at radius 2 is 1.16 bits per heavy atom. The maximum absolute atomic E-state index is 13.0. The number of hydrogen-bond acceptors (Lipinski definition) is 10. The van der Waals surface area contributed by atoms with E-state index in [1.54, 1.807) is 0 Å². The molecule has 0 aromatic heterocycles. The zero-order valence-electron chi connectivity index (χ0n) is 31.4. The summed E-state index contributed by atoms with van der Waals surface area (Å²) in [5.41, 5.74) is 0. The van der Waals surface area contributed by atoms with E-state index in [4.69, 9.17) is 9.47 Å². The third-order valence-corrected chi connectivity index (χ3v) is 9.82. The lowest BCUT2D eigenvalue weighted by Crippen LogP contribution is -2.60. The summed E-state index contributed by atoms with van der Waals surface area (Å²) < 4.78 is 11.0. The lowest BCUT2D eigenvalue weighted by molar-refractivity contribution is -0.303. The van der Waals surface area contributed by atoms with Crippen LogP contribution in [0.5, 0.6) is 0 Å². The van der Waals surface area contributed by atoms with Gasteiger partial charge in [0.15, 0.2) is 6.29 Å². The number of ether oxygens (including phenoxy) is 2. The van der Waals surface area contributed by atoms with Crippen molar-refractivity contribution in [2.24, 2.45) is 0 Å². The smallest absolute Gasteiger partial charge is 0.249 e. The highest BCUT2D eigenvalue weighted by atomic mass is 16.7. The lowest BCUT2D eigenvalue weighted by atomic mass is 9.98. The molecule has 0 saturated carbocycles. The first kappa shape index (κ1) is 46.9. The molecule has 9 atom stereocenters. The average Bonchev–Trinajstić information content (AvgIpc) is 3.11. The van der Waals surface area contributed by atoms with Crippen LogP contribution in [0.25, 0.3) is 0 Å². The maximum Gasteiger partial charge on any atom is 0.249 e. The quantitative estimate of drug-likeness (QED) is 0.0350. The van der Waals surface area contributed by atoms with Crippen molar-refractivity contribution in [2.45, 2.75) is 217 Å². The van der Waals surface area contributed by atoms with E-state index in [1.807, 2.05) is 0 Å². The minimum atomic E-state index is -1.66. The van der Waals surface area contributed by atoms with Gasteiger partial charge in [-0.3, -0.25) is 4.79 Å². The van der Waals surface area contributed by atoms with E-state index in [0.29, 0.717) is 19.3 Å². The predicted molar refractivity (Wildman–Crippen MR) is 196 cm³/mol. The van der Waals surface area contributed by atoms with Crippen LogP contribution in [-0.2, 0) is 14.3 Å². The van der Waals surface area contributed by atoms with E-state index in [-0.39, 0.29) is 6.42 Å². The Balaban J connectivity index is 2.54. The summed E-state index contributed by atoms with van der Waals surface area (Å²) in [6.07, 6.45) is 17.0. The second-order valence-electron chi connectivity index (χ2n) is 14.4. The summed E-state index contributed by atoms with van der Waals surface area (Å²) in [6.45, 7) is 3.36. The summed E-state index contributed by atoms with van der Waals surface area (Å²) in [4.78, 5) is 13.0. The first-order chi connectivity index (χ1) is 24.2. The standard InChI is InChI=1S/C39H75NO10/c1-3-5-7-9-11-13-14-15-16-17-19-21-23-25-27-32(43)38(48)40-30(29-49-39-37(47)36(46)35(45)33(28-41)50-39)34(44)31(42)26-24-22-20-18-12-10-8-6-4-2/h13-14,30-37,39,41-47H,3-12,15-29H2,1-2H3,(H,40,48)/b14-13-. The number of aliphatic hydroxyl groups is 7. The highest BCUT2D eigenvalue weighted by Gasteiger charge is 2.44. The Morgan fingerprint density at radius 1 is 0.680 bits per heavy atom. The molecule has 0 spiro atoms. The van der Waals surface area contributed by atoms with Gasteiger partial charge in [-0.25, -0.2) is 0 Å². The zero-order valence-corrected chi connectivity index (χ0v) is 31.4. The third-order valence-electron chi connectivity index (χ3n) is 9.82. The number of rotatable bonds is 32. The molecule has 0 radical (unpaired) electrons. The van der Waals surface area contributed by atoms with Gasteiger partial charge < -0.3 is 50.5 Å². The summed E-state index contributed by atoms with van der Waals surface area (Å²) in [5, 5.41) is 75.1. The largest absolute Gasteiger partial charge is 0.394 e. The molecule has 11 nitrogen and oxygen atoms in total. The zero-order chi connectivity index (χ0) is 37.0.